The molecule has 1 saturated heterocycles. The Morgan fingerprint density at radius 2 is 2.57 bits per heavy atom. The molecule has 0 saturated carbocycles. The first-order valence-corrected chi connectivity index (χ1v) is 5.52. The second-order valence-electron chi connectivity index (χ2n) is 3.14. The zero-order valence-electron chi connectivity index (χ0n) is 7.59. The first-order valence-electron chi connectivity index (χ1n) is 4.37. The lowest BCUT2D eigenvalue weighted by molar-refractivity contribution is -0.121. The lowest BCUT2D eigenvalue weighted by atomic mass is 10.2. The normalized spacial score (nSPS) is 31.0. The minimum absolute atomic E-state index is 0.159. The van der Waals surface area contributed by atoms with Crippen LogP contribution in [0.2, 0.25) is 0 Å². The molecule has 2 rings (SSSR count). The number of nitrogens with two attached hydrogens (primary N) is 1. The highest BCUT2D eigenvalue weighted by Gasteiger charge is 2.29. The lowest BCUT2D eigenvalue weighted by Crippen LogP contribution is -2.53. The third kappa shape index (κ3) is 1.76. The van der Waals surface area contributed by atoms with Crippen molar-refractivity contribution in [3.8, 4) is 0 Å². The molecule has 2 aliphatic rings. The third-order valence-electron chi connectivity index (χ3n) is 2.22. The lowest BCUT2D eigenvalue weighted by Gasteiger charge is -2.32. The molecule has 0 bridgehead atoms. The van der Waals surface area contributed by atoms with Crippen LogP contribution >= 0.6 is 11.8 Å². The Labute approximate surface area is 86.4 Å². The van der Waals surface area contributed by atoms with Crippen molar-refractivity contribution >= 4 is 24.0 Å². The van der Waals surface area contributed by atoms with Crippen LogP contribution < -0.4 is 11.1 Å². The van der Waals surface area contributed by atoms with Crippen LogP contribution in [-0.2, 0) is 4.79 Å². The Balaban J connectivity index is 2.11. The van der Waals surface area contributed by atoms with Gasteiger partial charge in [-0.3, -0.25) is 10.1 Å². The molecule has 0 aromatic rings. The van der Waals surface area contributed by atoms with Gasteiger partial charge in [0.15, 0.2) is 0 Å². The van der Waals surface area contributed by atoms with Gasteiger partial charge in [0.1, 0.15) is 6.04 Å². The molecule has 0 spiro atoms. The SMILES string of the molecule is NC(=O)C1C=CN=CN1C1CSCN1. The second-order valence-corrected chi connectivity index (χ2v) is 4.17. The van der Waals surface area contributed by atoms with Gasteiger partial charge in [-0.05, 0) is 6.08 Å². The van der Waals surface area contributed by atoms with E-state index in [1.54, 1.807) is 30.4 Å². The van der Waals surface area contributed by atoms with Crippen LogP contribution in [0.5, 0.6) is 0 Å². The van der Waals surface area contributed by atoms with Gasteiger partial charge in [-0.25, -0.2) is 4.99 Å². The quantitative estimate of drug-likeness (QED) is 0.636. The number of nitrogens with zero attached hydrogens (tertiary/aromatic N) is 2. The number of rotatable bonds is 2. The maximum absolute atomic E-state index is 11.2. The summed E-state index contributed by atoms with van der Waals surface area (Å²) in [5.74, 6) is 1.51. The Hall–Kier alpha value is -1.01. The van der Waals surface area contributed by atoms with Crippen molar-refractivity contribution in [2.75, 3.05) is 11.6 Å². The number of hydrogen-bond acceptors (Lipinski definition) is 5. The number of hydrogen-bond donors (Lipinski definition) is 2. The van der Waals surface area contributed by atoms with E-state index in [4.69, 9.17) is 5.73 Å². The van der Waals surface area contributed by atoms with Crippen molar-refractivity contribution in [2.45, 2.75) is 12.2 Å². The van der Waals surface area contributed by atoms with Crippen molar-refractivity contribution in [3.05, 3.63) is 12.3 Å². The van der Waals surface area contributed by atoms with Crippen molar-refractivity contribution in [2.24, 2.45) is 10.7 Å². The van der Waals surface area contributed by atoms with Crippen LogP contribution in [0.15, 0.2) is 17.3 Å². The molecule has 0 aliphatic carbocycles. The summed E-state index contributed by atoms with van der Waals surface area (Å²) < 4.78 is 0. The van der Waals surface area contributed by atoms with Crippen LogP contribution in [0.1, 0.15) is 0 Å². The summed E-state index contributed by atoms with van der Waals surface area (Å²) in [5.41, 5.74) is 5.30. The first-order chi connectivity index (χ1) is 6.79. The fourth-order valence-corrected chi connectivity index (χ4v) is 2.45. The summed E-state index contributed by atoms with van der Waals surface area (Å²) in [5, 5.41) is 3.27. The van der Waals surface area contributed by atoms with Crippen LogP contribution in [0.25, 0.3) is 0 Å². The van der Waals surface area contributed by atoms with E-state index >= 15 is 0 Å². The summed E-state index contributed by atoms with van der Waals surface area (Å²) in [6.45, 7) is 0. The van der Waals surface area contributed by atoms with Crippen molar-refractivity contribution in [1.29, 1.82) is 0 Å². The van der Waals surface area contributed by atoms with Gasteiger partial charge in [-0.15, -0.1) is 11.8 Å². The minimum atomic E-state index is -0.372. The molecule has 0 radical (unpaired) electrons. The predicted molar refractivity (Wildman–Crippen MR) is 56.7 cm³/mol. The number of aliphatic imine (C=N–C) groups is 1. The Morgan fingerprint density at radius 3 is 3.21 bits per heavy atom. The van der Waals surface area contributed by atoms with E-state index < -0.39 is 0 Å². The minimum Gasteiger partial charge on any atom is -0.368 e. The number of nitrogens with one attached hydrogen (secondary N) is 1. The topological polar surface area (TPSA) is 70.7 Å². The predicted octanol–water partition coefficient (Wildman–Crippen LogP) is -0.682. The monoisotopic (exact) mass is 212 g/mol. The maximum Gasteiger partial charge on any atom is 0.244 e. The number of thioether (sulfide) groups is 1. The molecule has 6 heteroatoms. The largest absolute Gasteiger partial charge is 0.368 e. The van der Waals surface area contributed by atoms with Gasteiger partial charge in [0.2, 0.25) is 5.91 Å². The molecule has 2 atom stereocenters. The smallest absolute Gasteiger partial charge is 0.244 e. The van der Waals surface area contributed by atoms with E-state index in [-0.39, 0.29) is 18.1 Å². The van der Waals surface area contributed by atoms with Crippen molar-refractivity contribution in [1.82, 2.24) is 10.2 Å². The molecule has 3 N–H and O–H groups in total. The Morgan fingerprint density at radius 1 is 1.71 bits per heavy atom. The highest BCUT2D eigenvalue weighted by molar-refractivity contribution is 7.99. The highest BCUT2D eigenvalue weighted by Crippen LogP contribution is 2.16. The van der Waals surface area contributed by atoms with Crippen LogP contribution in [0, 0.1) is 0 Å². The Kier molecular flexibility index (Phi) is 2.74. The van der Waals surface area contributed by atoms with E-state index in [9.17, 15) is 4.79 Å². The van der Waals surface area contributed by atoms with Gasteiger partial charge < -0.3 is 10.6 Å². The first kappa shape index (κ1) is 9.54. The van der Waals surface area contributed by atoms with Crippen LogP contribution in [-0.4, -0.2) is 41.0 Å². The number of primary amides is 1. The van der Waals surface area contributed by atoms with Crippen LogP contribution in [0.3, 0.4) is 0 Å². The molecule has 1 fully saturated rings. The Bertz CT molecular complexity index is 285. The zero-order chi connectivity index (χ0) is 9.97. The van der Waals surface area contributed by atoms with E-state index in [1.165, 1.54) is 0 Å². The van der Waals surface area contributed by atoms with E-state index in [2.05, 4.69) is 10.3 Å². The molecule has 1 amide bonds. The molecule has 5 nitrogen and oxygen atoms in total. The third-order valence-corrected chi connectivity index (χ3v) is 3.15. The second kappa shape index (κ2) is 4.02. The molecular formula is C8H12N4OS. The number of amides is 1. The van der Waals surface area contributed by atoms with Gasteiger partial charge in [0.05, 0.1) is 12.5 Å². The van der Waals surface area contributed by atoms with Crippen LogP contribution in [0.4, 0.5) is 0 Å². The molecule has 76 valence electrons. The number of carbonyl (C=O) groups is 1. The summed E-state index contributed by atoms with van der Waals surface area (Å²) in [6, 6.07) is -0.372. The fourth-order valence-electron chi connectivity index (χ4n) is 1.51. The van der Waals surface area contributed by atoms with Crippen molar-refractivity contribution in [3.63, 3.8) is 0 Å². The van der Waals surface area contributed by atoms with Gasteiger partial charge in [0.25, 0.3) is 0 Å². The average molecular weight is 212 g/mol. The molecule has 0 aromatic heterocycles. The molecule has 0 aromatic carbocycles. The van der Waals surface area contributed by atoms with E-state index in [0.29, 0.717) is 0 Å². The number of carbonyl (C=O) groups excluding carboxylic acids is 1. The molecule has 2 heterocycles. The standard InChI is InChI=1S/C8H12N4OS/c9-8(13)6-1-2-10-4-12(6)7-3-14-5-11-7/h1-2,4,6-7,11H,3,5H2,(H2,9,13). The summed E-state index contributed by atoms with van der Waals surface area (Å²) in [7, 11) is 0. The van der Waals surface area contributed by atoms with E-state index in [0.717, 1.165) is 11.6 Å². The zero-order valence-corrected chi connectivity index (χ0v) is 8.41. The molecule has 14 heavy (non-hydrogen) atoms. The summed E-state index contributed by atoms with van der Waals surface area (Å²) in [4.78, 5) is 17.0. The summed E-state index contributed by atoms with van der Waals surface area (Å²) in [6.07, 6.45) is 5.14. The molecule has 2 unspecified atom stereocenters. The van der Waals surface area contributed by atoms with E-state index in [1.807, 2.05) is 4.90 Å². The van der Waals surface area contributed by atoms with Gasteiger partial charge >= 0.3 is 0 Å². The van der Waals surface area contributed by atoms with Crippen molar-refractivity contribution < 1.29 is 4.79 Å². The summed E-state index contributed by atoms with van der Waals surface area (Å²) >= 11 is 1.80. The van der Waals surface area contributed by atoms with Gasteiger partial charge in [0, 0.05) is 17.8 Å². The average Bonchev–Trinajstić information content (AvgIpc) is 2.70. The van der Waals surface area contributed by atoms with Gasteiger partial charge in [-0.2, -0.15) is 0 Å². The molecule has 2 aliphatic heterocycles. The fraction of sp³-hybridized carbons (Fsp3) is 0.500. The molecular weight excluding hydrogens is 200 g/mol. The maximum atomic E-state index is 11.2. The van der Waals surface area contributed by atoms with Gasteiger partial charge in [-0.1, -0.05) is 0 Å². The highest BCUT2D eigenvalue weighted by atomic mass is 32.2.